The van der Waals surface area contributed by atoms with Crippen LogP contribution in [0.5, 0.6) is 0 Å². The molecule has 0 N–H and O–H groups in total. The zero-order valence-electron chi connectivity index (χ0n) is 5.56. The Labute approximate surface area is 69.3 Å². The summed E-state index contributed by atoms with van der Waals surface area (Å²) in [5.41, 5.74) is 0. The predicted octanol–water partition coefficient (Wildman–Crippen LogP) is 2.18. The van der Waals surface area contributed by atoms with E-state index in [1.165, 1.54) is 6.42 Å². The molecule has 0 unspecified atom stereocenters. The smallest absolute Gasteiger partial charge is 0.145 e. The van der Waals surface area contributed by atoms with Gasteiger partial charge >= 0.3 is 0 Å². The average molecular weight is 238 g/mol. The van der Waals surface area contributed by atoms with Crippen molar-refractivity contribution in [2.45, 2.75) is 30.1 Å². The molecule has 1 aliphatic rings. The molecule has 0 amide bonds. The summed E-state index contributed by atoms with van der Waals surface area (Å²) in [5, 5.41) is 0. The Morgan fingerprint density at radius 1 is 1.67 bits per heavy atom. The lowest BCUT2D eigenvalue weighted by Crippen LogP contribution is -2.26. The molecule has 2 atom stereocenters. The second-order valence-corrected chi connectivity index (χ2v) is 4.08. The second kappa shape index (κ2) is 2.99. The topological polar surface area (TPSA) is 17.1 Å². The predicted molar refractivity (Wildman–Crippen MR) is 45.8 cm³/mol. The minimum atomic E-state index is 0.302. The molecule has 0 saturated heterocycles. The third-order valence-corrected chi connectivity index (χ3v) is 3.81. The van der Waals surface area contributed by atoms with Crippen molar-refractivity contribution in [3.63, 3.8) is 0 Å². The Morgan fingerprint density at radius 2 is 2.33 bits per heavy atom. The van der Waals surface area contributed by atoms with Crippen molar-refractivity contribution < 1.29 is 4.79 Å². The number of hydrogen-bond acceptors (Lipinski definition) is 1. The first-order valence-electron chi connectivity index (χ1n) is 3.38. The van der Waals surface area contributed by atoms with E-state index in [0.717, 1.165) is 12.8 Å². The van der Waals surface area contributed by atoms with E-state index in [2.05, 4.69) is 29.5 Å². The van der Waals surface area contributed by atoms with Crippen molar-refractivity contribution in [3.8, 4) is 0 Å². The lowest BCUT2D eigenvalue weighted by atomic mass is 9.90. The van der Waals surface area contributed by atoms with Crippen molar-refractivity contribution in [2.24, 2.45) is 5.92 Å². The van der Waals surface area contributed by atoms with Crippen molar-refractivity contribution in [1.29, 1.82) is 0 Å². The molecule has 0 aromatic carbocycles. The van der Waals surface area contributed by atoms with Crippen LogP contribution >= 0.6 is 22.6 Å². The van der Waals surface area contributed by atoms with Gasteiger partial charge in [-0.15, -0.1) is 0 Å². The van der Waals surface area contributed by atoms with Gasteiger partial charge in [-0.3, -0.25) is 4.79 Å². The number of carbonyl (C=O) groups is 1. The number of carbonyl (C=O) groups excluding carboxylic acids is 1. The van der Waals surface area contributed by atoms with Gasteiger partial charge in [-0.05, 0) is 18.8 Å². The highest BCUT2D eigenvalue weighted by Gasteiger charge is 2.25. The van der Waals surface area contributed by atoms with Crippen LogP contribution in [0, 0.1) is 5.92 Å². The Balaban J connectivity index is 2.51. The van der Waals surface area contributed by atoms with E-state index < -0.39 is 0 Å². The van der Waals surface area contributed by atoms with E-state index in [4.69, 9.17) is 0 Å². The summed E-state index contributed by atoms with van der Waals surface area (Å²) in [6.07, 6.45) is 3.16. The number of ketones is 1. The van der Waals surface area contributed by atoms with Crippen molar-refractivity contribution in [2.75, 3.05) is 0 Å². The van der Waals surface area contributed by atoms with Gasteiger partial charge in [-0.2, -0.15) is 0 Å². The van der Waals surface area contributed by atoms with Gasteiger partial charge in [-0.1, -0.05) is 29.5 Å². The molecule has 0 aromatic rings. The number of Topliss-reactive ketones (excluding diaryl/α,β-unsaturated/α-hetero) is 1. The molecule has 0 heterocycles. The highest BCUT2D eigenvalue weighted by atomic mass is 127. The standard InChI is InChI=1S/C7H11IO/c1-5-3-2-4-6(9)7(5)8/h5,7H,2-4H2,1H3/t5-,7-/m1/s1. The van der Waals surface area contributed by atoms with E-state index in [9.17, 15) is 4.79 Å². The molecule has 52 valence electrons. The molecule has 1 aliphatic carbocycles. The molecule has 1 fully saturated rings. The van der Waals surface area contributed by atoms with E-state index in [-0.39, 0.29) is 0 Å². The van der Waals surface area contributed by atoms with Gasteiger partial charge in [0.2, 0.25) is 0 Å². The first-order chi connectivity index (χ1) is 4.22. The first-order valence-corrected chi connectivity index (χ1v) is 4.63. The molecular formula is C7H11IO. The maximum absolute atomic E-state index is 11.0. The van der Waals surface area contributed by atoms with Crippen LogP contribution in [0.4, 0.5) is 0 Å². The highest BCUT2D eigenvalue weighted by molar-refractivity contribution is 14.1. The lowest BCUT2D eigenvalue weighted by molar-refractivity contribution is -0.120. The lowest BCUT2D eigenvalue weighted by Gasteiger charge is -2.21. The summed E-state index contributed by atoms with van der Waals surface area (Å²) in [7, 11) is 0. The summed E-state index contributed by atoms with van der Waals surface area (Å²) in [4.78, 5) is 11.0. The van der Waals surface area contributed by atoms with E-state index in [0.29, 0.717) is 15.6 Å². The summed E-state index contributed by atoms with van der Waals surface area (Å²) in [5.74, 6) is 1.07. The molecule has 1 rings (SSSR count). The van der Waals surface area contributed by atoms with E-state index in [1.807, 2.05) is 0 Å². The van der Waals surface area contributed by atoms with Crippen molar-refractivity contribution in [1.82, 2.24) is 0 Å². The maximum Gasteiger partial charge on any atom is 0.145 e. The summed E-state index contributed by atoms with van der Waals surface area (Å²) in [6.45, 7) is 2.16. The van der Waals surface area contributed by atoms with Gasteiger partial charge in [0.15, 0.2) is 0 Å². The van der Waals surface area contributed by atoms with Gasteiger partial charge in [0.25, 0.3) is 0 Å². The molecule has 1 nitrogen and oxygen atoms in total. The first kappa shape index (κ1) is 7.51. The fourth-order valence-corrected chi connectivity index (χ4v) is 1.87. The van der Waals surface area contributed by atoms with Crippen LogP contribution in [0.1, 0.15) is 26.2 Å². The van der Waals surface area contributed by atoms with Crippen LogP contribution in [0.3, 0.4) is 0 Å². The molecule has 0 aromatic heterocycles. The quantitative estimate of drug-likeness (QED) is 0.467. The number of hydrogen-bond donors (Lipinski definition) is 0. The minimum absolute atomic E-state index is 0.302. The SMILES string of the molecule is C[C@@H]1CCCC(=O)[C@@H]1I. The van der Waals surface area contributed by atoms with Crippen LogP contribution in [0.25, 0.3) is 0 Å². The Kier molecular flexibility index (Phi) is 2.50. The summed E-state index contributed by atoms with van der Waals surface area (Å²) < 4.78 is 0.302. The second-order valence-electron chi connectivity index (χ2n) is 2.74. The Morgan fingerprint density at radius 3 is 2.78 bits per heavy atom. The largest absolute Gasteiger partial charge is 0.299 e. The van der Waals surface area contributed by atoms with Crippen LogP contribution in [-0.2, 0) is 4.79 Å². The van der Waals surface area contributed by atoms with Crippen molar-refractivity contribution in [3.05, 3.63) is 0 Å². The van der Waals surface area contributed by atoms with Crippen LogP contribution in [0.15, 0.2) is 0 Å². The number of halogens is 1. The van der Waals surface area contributed by atoms with Gasteiger partial charge < -0.3 is 0 Å². The minimum Gasteiger partial charge on any atom is -0.299 e. The Bertz CT molecular complexity index is 122. The normalized spacial score (nSPS) is 36.9. The molecule has 9 heavy (non-hydrogen) atoms. The van der Waals surface area contributed by atoms with Gasteiger partial charge in [0, 0.05) is 6.42 Å². The highest BCUT2D eigenvalue weighted by Crippen LogP contribution is 2.26. The third-order valence-electron chi connectivity index (χ3n) is 1.89. The fourth-order valence-electron chi connectivity index (χ4n) is 1.20. The molecule has 0 spiro atoms. The summed E-state index contributed by atoms with van der Waals surface area (Å²) in [6, 6.07) is 0. The fraction of sp³-hybridized carbons (Fsp3) is 0.857. The zero-order chi connectivity index (χ0) is 6.85. The number of alkyl halides is 1. The van der Waals surface area contributed by atoms with Gasteiger partial charge in [-0.25, -0.2) is 0 Å². The van der Waals surface area contributed by atoms with E-state index >= 15 is 0 Å². The molecule has 2 heteroatoms. The van der Waals surface area contributed by atoms with E-state index in [1.54, 1.807) is 0 Å². The Hall–Kier alpha value is 0.400. The summed E-state index contributed by atoms with van der Waals surface area (Å²) >= 11 is 2.26. The van der Waals surface area contributed by atoms with Gasteiger partial charge in [0.1, 0.15) is 5.78 Å². The molecular weight excluding hydrogens is 227 g/mol. The number of rotatable bonds is 0. The third kappa shape index (κ3) is 1.66. The van der Waals surface area contributed by atoms with Crippen LogP contribution in [-0.4, -0.2) is 9.71 Å². The van der Waals surface area contributed by atoms with Gasteiger partial charge in [0.05, 0.1) is 3.92 Å². The van der Waals surface area contributed by atoms with Crippen LogP contribution < -0.4 is 0 Å². The molecule has 0 aliphatic heterocycles. The average Bonchev–Trinajstić information content (AvgIpc) is 1.83. The van der Waals surface area contributed by atoms with Crippen LogP contribution in [0.2, 0.25) is 0 Å². The molecule has 1 saturated carbocycles. The van der Waals surface area contributed by atoms with Crippen molar-refractivity contribution >= 4 is 28.4 Å². The molecule has 0 radical (unpaired) electrons. The zero-order valence-corrected chi connectivity index (χ0v) is 7.72. The maximum atomic E-state index is 11.0. The molecule has 0 bridgehead atoms. The monoisotopic (exact) mass is 238 g/mol.